The van der Waals surface area contributed by atoms with E-state index in [2.05, 4.69) is 5.32 Å². The highest BCUT2D eigenvalue weighted by Gasteiger charge is 2.47. The van der Waals surface area contributed by atoms with Crippen molar-refractivity contribution in [3.63, 3.8) is 0 Å². The number of aliphatic hydroxyl groups is 1. The predicted octanol–water partition coefficient (Wildman–Crippen LogP) is -0.112. The summed E-state index contributed by atoms with van der Waals surface area (Å²) < 4.78 is 21.9. The molecule has 2 N–H and O–H groups in total. The van der Waals surface area contributed by atoms with E-state index in [4.69, 9.17) is 24.1 Å². The fraction of sp³-hybridized carbons (Fsp3) is 0.812. The summed E-state index contributed by atoms with van der Waals surface area (Å²) in [5.41, 5.74) is -0.745. The predicted molar refractivity (Wildman–Crippen MR) is 85.3 cm³/mol. The Hall–Kier alpha value is -1.71. The molecule has 0 aliphatic carbocycles. The van der Waals surface area contributed by atoms with Crippen LogP contribution in [-0.2, 0) is 33.3 Å². The largest absolute Gasteiger partial charge is 0.456 e. The lowest BCUT2D eigenvalue weighted by atomic mass is 10.00. The van der Waals surface area contributed by atoms with Crippen molar-refractivity contribution in [1.82, 2.24) is 5.32 Å². The van der Waals surface area contributed by atoms with Crippen molar-refractivity contribution in [2.45, 2.75) is 71.2 Å². The third kappa shape index (κ3) is 6.97. The van der Waals surface area contributed by atoms with Crippen LogP contribution in [0, 0.1) is 0 Å². The zero-order valence-electron chi connectivity index (χ0n) is 15.2. The molecular formula is C16H27NO8. The van der Waals surface area contributed by atoms with Gasteiger partial charge in [0.2, 0.25) is 5.91 Å². The van der Waals surface area contributed by atoms with E-state index < -0.39 is 42.1 Å². The van der Waals surface area contributed by atoms with Crippen LogP contribution in [0.25, 0.3) is 0 Å². The Kier molecular flexibility index (Phi) is 7.78. The first-order chi connectivity index (χ1) is 11.6. The number of rotatable bonds is 7. The molecule has 1 saturated heterocycles. The van der Waals surface area contributed by atoms with Gasteiger partial charge in [0, 0.05) is 27.4 Å². The van der Waals surface area contributed by atoms with E-state index in [1.165, 1.54) is 20.8 Å². The average molecular weight is 361 g/mol. The summed E-state index contributed by atoms with van der Waals surface area (Å²) in [4.78, 5) is 34.4. The van der Waals surface area contributed by atoms with Gasteiger partial charge in [-0.25, -0.2) is 0 Å². The van der Waals surface area contributed by atoms with Gasteiger partial charge < -0.3 is 29.4 Å². The molecule has 25 heavy (non-hydrogen) atoms. The molecule has 0 aromatic heterocycles. The van der Waals surface area contributed by atoms with Gasteiger partial charge in [0.15, 0.2) is 18.5 Å². The van der Waals surface area contributed by atoms with Gasteiger partial charge >= 0.3 is 11.9 Å². The smallest absolute Gasteiger partial charge is 0.303 e. The molecule has 0 bridgehead atoms. The van der Waals surface area contributed by atoms with Crippen LogP contribution >= 0.6 is 0 Å². The third-order valence-corrected chi connectivity index (χ3v) is 3.58. The number of ether oxygens (including phenoxy) is 4. The lowest BCUT2D eigenvalue weighted by Crippen LogP contribution is -2.63. The normalized spacial score (nSPS) is 26.6. The molecule has 1 heterocycles. The van der Waals surface area contributed by atoms with Crippen LogP contribution in [0.1, 0.15) is 41.0 Å². The van der Waals surface area contributed by atoms with Crippen molar-refractivity contribution in [1.29, 1.82) is 0 Å². The molecule has 1 fully saturated rings. The third-order valence-electron chi connectivity index (χ3n) is 3.58. The second kappa shape index (κ2) is 9.12. The number of amides is 1. The van der Waals surface area contributed by atoms with Gasteiger partial charge in [0.1, 0.15) is 6.04 Å². The SMILES string of the molecule is CC(=O)N[C@H]1C(OC(C)(C)CCO)OC[C@H](OC(C)=O)[C@@H]1OC(C)=O. The first kappa shape index (κ1) is 21.3. The molecule has 0 saturated carbocycles. The number of carbonyl (C=O) groups is 3. The van der Waals surface area contributed by atoms with Gasteiger partial charge in [-0.05, 0) is 20.3 Å². The quantitative estimate of drug-likeness (QED) is 0.603. The highest BCUT2D eigenvalue weighted by atomic mass is 16.7. The number of aliphatic hydroxyl groups excluding tert-OH is 1. The maximum Gasteiger partial charge on any atom is 0.303 e. The lowest BCUT2D eigenvalue weighted by molar-refractivity contribution is -0.272. The van der Waals surface area contributed by atoms with Crippen LogP contribution in [0.2, 0.25) is 0 Å². The Morgan fingerprint density at radius 1 is 1.16 bits per heavy atom. The van der Waals surface area contributed by atoms with Gasteiger partial charge in [-0.15, -0.1) is 0 Å². The number of hydrogen-bond acceptors (Lipinski definition) is 8. The summed E-state index contributed by atoms with van der Waals surface area (Å²) in [6, 6.07) is -0.877. The van der Waals surface area contributed by atoms with E-state index in [1.807, 2.05) is 0 Å². The number of carbonyl (C=O) groups excluding carboxylic acids is 3. The minimum absolute atomic E-state index is 0.0620. The van der Waals surface area contributed by atoms with Crippen molar-refractivity contribution >= 4 is 17.8 Å². The number of esters is 2. The van der Waals surface area contributed by atoms with Gasteiger partial charge in [-0.2, -0.15) is 0 Å². The molecule has 9 heteroatoms. The summed E-state index contributed by atoms with van der Waals surface area (Å²) in [6.07, 6.45) is -2.44. The molecule has 4 atom stereocenters. The van der Waals surface area contributed by atoms with Gasteiger partial charge in [0.05, 0.1) is 12.2 Å². The minimum atomic E-state index is -0.964. The molecule has 0 spiro atoms. The van der Waals surface area contributed by atoms with Crippen LogP contribution < -0.4 is 5.32 Å². The van der Waals surface area contributed by atoms with Crippen molar-refractivity contribution < 1.29 is 38.4 Å². The second-order valence-corrected chi connectivity index (χ2v) is 6.50. The summed E-state index contributed by atoms with van der Waals surface area (Å²) in [6.45, 7) is 7.12. The Balaban J connectivity index is 3.06. The molecule has 1 rings (SSSR count). The topological polar surface area (TPSA) is 120 Å². The fourth-order valence-corrected chi connectivity index (χ4v) is 2.56. The van der Waals surface area contributed by atoms with Crippen molar-refractivity contribution in [2.75, 3.05) is 13.2 Å². The Morgan fingerprint density at radius 3 is 2.24 bits per heavy atom. The second-order valence-electron chi connectivity index (χ2n) is 6.50. The monoisotopic (exact) mass is 361 g/mol. The van der Waals surface area contributed by atoms with Crippen molar-refractivity contribution in [3.8, 4) is 0 Å². The zero-order chi connectivity index (χ0) is 19.2. The first-order valence-corrected chi connectivity index (χ1v) is 8.07. The maximum absolute atomic E-state index is 11.6. The summed E-state index contributed by atoms with van der Waals surface area (Å²) in [5.74, 6) is -1.54. The standard InChI is InChI=1S/C16H27NO8/c1-9(19)17-13-14(24-11(3)21)12(23-10(2)20)8-22-15(13)25-16(4,5)6-7-18/h12-15,18H,6-8H2,1-5H3,(H,17,19)/t12-,13+,14-,15?/m0/s1. The summed E-state index contributed by atoms with van der Waals surface area (Å²) >= 11 is 0. The van der Waals surface area contributed by atoms with Crippen LogP contribution in [0.4, 0.5) is 0 Å². The van der Waals surface area contributed by atoms with Gasteiger partial charge in [0.25, 0.3) is 0 Å². The molecule has 0 radical (unpaired) electrons. The molecule has 0 aromatic rings. The average Bonchev–Trinajstić information content (AvgIpc) is 2.43. The lowest BCUT2D eigenvalue weighted by Gasteiger charge is -2.43. The van der Waals surface area contributed by atoms with Gasteiger partial charge in [-0.3, -0.25) is 14.4 Å². The highest BCUT2D eigenvalue weighted by Crippen LogP contribution is 2.27. The van der Waals surface area contributed by atoms with E-state index in [0.29, 0.717) is 6.42 Å². The van der Waals surface area contributed by atoms with E-state index in [-0.39, 0.29) is 19.1 Å². The Bertz CT molecular complexity index is 493. The van der Waals surface area contributed by atoms with Crippen molar-refractivity contribution in [3.05, 3.63) is 0 Å². The molecule has 9 nitrogen and oxygen atoms in total. The van der Waals surface area contributed by atoms with Crippen molar-refractivity contribution in [2.24, 2.45) is 0 Å². The fourth-order valence-electron chi connectivity index (χ4n) is 2.56. The molecule has 1 unspecified atom stereocenters. The van der Waals surface area contributed by atoms with Crippen LogP contribution in [0.5, 0.6) is 0 Å². The maximum atomic E-state index is 11.6. The molecule has 1 aliphatic rings. The number of hydrogen-bond donors (Lipinski definition) is 2. The van der Waals surface area contributed by atoms with Gasteiger partial charge in [-0.1, -0.05) is 0 Å². The molecule has 0 aromatic carbocycles. The molecule has 144 valence electrons. The first-order valence-electron chi connectivity index (χ1n) is 8.07. The minimum Gasteiger partial charge on any atom is -0.456 e. The van der Waals surface area contributed by atoms with E-state index >= 15 is 0 Å². The Morgan fingerprint density at radius 2 is 1.76 bits per heavy atom. The van der Waals surface area contributed by atoms with E-state index in [9.17, 15) is 14.4 Å². The van der Waals surface area contributed by atoms with Crippen LogP contribution in [0.3, 0.4) is 0 Å². The van der Waals surface area contributed by atoms with Crippen LogP contribution in [0.15, 0.2) is 0 Å². The molecule has 1 aliphatic heterocycles. The van der Waals surface area contributed by atoms with E-state index in [0.717, 1.165) is 0 Å². The Labute approximate surface area is 146 Å². The number of nitrogens with one attached hydrogen (secondary N) is 1. The molecular weight excluding hydrogens is 334 g/mol. The van der Waals surface area contributed by atoms with Crippen LogP contribution in [-0.4, -0.2) is 66.3 Å². The summed E-state index contributed by atoms with van der Waals surface area (Å²) in [7, 11) is 0. The zero-order valence-corrected chi connectivity index (χ0v) is 15.2. The summed E-state index contributed by atoms with van der Waals surface area (Å²) in [5, 5.41) is 11.8. The molecule has 1 amide bonds. The van der Waals surface area contributed by atoms with E-state index in [1.54, 1.807) is 13.8 Å². The highest BCUT2D eigenvalue weighted by molar-refractivity contribution is 5.73.